The standard InChI is InChI=1S/C14H24N2O4/c1-3-14(4-6-15-7-5-14)12(19)16-9-13(2,10-16)20-8-11(17)18/h15H,3-10H2,1-2H3,(H,17,18). The predicted octanol–water partition coefficient (Wildman–Crippen LogP) is 0.468. The summed E-state index contributed by atoms with van der Waals surface area (Å²) in [6.45, 7) is 6.40. The maximum absolute atomic E-state index is 12.7. The minimum atomic E-state index is -0.973. The molecule has 0 spiro atoms. The van der Waals surface area contributed by atoms with E-state index in [1.807, 2.05) is 11.8 Å². The number of carbonyl (C=O) groups excluding carboxylic acids is 1. The Morgan fingerprint density at radius 2 is 1.90 bits per heavy atom. The molecule has 0 atom stereocenters. The van der Waals surface area contributed by atoms with E-state index in [1.54, 1.807) is 0 Å². The largest absolute Gasteiger partial charge is 0.480 e. The monoisotopic (exact) mass is 284 g/mol. The number of carboxylic acids is 1. The van der Waals surface area contributed by atoms with Crippen molar-refractivity contribution in [3.05, 3.63) is 0 Å². The summed E-state index contributed by atoms with van der Waals surface area (Å²) < 4.78 is 5.36. The molecule has 114 valence electrons. The van der Waals surface area contributed by atoms with Crippen molar-refractivity contribution >= 4 is 11.9 Å². The molecule has 2 heterocycles. The molecule has 0 aromatic heterocycles. The van der Waals surface area contributed by atoms with Crippen molar-refractivity contribution in [2.75, 3.05) is 32.8 Å². The Balaban J connectivity index is 1.90. The summed E-state index contributed by atoms with van der Waals surface area (Å²) in [4.78, 5) is 25.0. The van der Waals surface area contributed by atoms with Gasteiger partial charge in [0.05, 0.1) is 18.5 Å². The van der Waals surface area contributed by atoms with E-state index >= 15 is 0 Å². The zero-order chi connectivity index (χ0) is 14.8. The van der Waals surface area contributed by atoms with Crippen LogP contribution in [0.3, 0.4) is 0 Å². The van der Waals surface area contributed by atoms with Gasteiger partial charge < -0.3 is 20.1 Å². The average Bonchev–Trinajstić information content (AvgIpc) is 2.42. The molecule has 0 radical (unpaired) electrons. The molecule has 0 aliphatic carbocycles. The summed E-state index contributed by atoms with van der Waals surface area (Å²) in [7, 11) is 0. The van der Waals surface area contributed by atoms with Crippen LogP contribution in [0.5, 0.6) is 0 Å². The fourth-order valence-corrected chi connectivity index (χ4v) is 3.19. The zero-order valence-corrected chi connectivity index (χ0v) is 12.3. The third-order valence-electron chi connectivity index (χ3n) is 4.57. The molecular formula is C14H24N2O4. The molecule has 2 rings (SSSR count). The third kappa shape index (κ3) is 2.96. The molecular weight excluding hydrogens is 260 g/mol. The number of hydrogen-bond acceptors (Lipinski definition) is 4. The van der Waals surface area contributed by atoms with E-state index in [2.05, 4.69) is 12.2 Å². The summed E-state index contributed by atoms with van der Waals surface area (Å²) in [5.41, 5.74) is -0.741. The second-order valence-corrected chi connectivity index (χ2v) is 6.18. The molecule has 6 heteroatoms. The van der Waals surface area contributed by atoms with Gasteiger partial charge in [0.15, 0.2) is 0 Å². The van der Waals surface area contributed by atoms with Crippen LogP contribution in [-0.4, -0.2) is 60.3 Å². The van der Waals surface area contributed by atoms with Crippen molar-refractivity contribution in [3.8, 4) is 0 Å². The van der Waals surface area contributed by atoms with Gasteiger partial charge in [0.2, 0.25) is 5.91 Å². The highest BCUT2D eigenvalue weighted by molar-refractivity contribution is 5.84. The Kier molecular flexibility index (Phi) is 4.34. The van der Waals surface area contributed by atoms with Gasteiger partial charge in [-0.2, -0.15) is 0 Å². The minimum Gasteiger partial charge on any atom is -0.480 e. The quantitative estimate of drug-likeness (QED) is 0.767. The van der Waals surface area contributed by atoms with E-state index < -0.39 is 11.6 Å². The lowest BCUT2D eigenvalue weighted by molar-refractivity contribution is -0.180. The molecule has 6 nitrogen and oxygen atoms in total. The second kappa shape index (κ2) is 5.69. The molecule has 1 amide bonds. The maximum atomic E-state index is 12.7. The van der Waals surface area contributed by atoms with Crippen molar-refractivity contribution in [1.82, 2.24) is 10.2 Å². The van der Waals surface area contributed by atoms with Crippen LogP contribution in [0.25, 0.3) is 0 Å². The van der Waals surface area contributed by atoms with Gasteiger partial charge in [-0.05, 0) is 39.3 Å². The highest BCUT2D eigenvalue weighted by Crippen LogP contribution is 2.38. The summed E-state index contributed by atoms with van der Waals surface area (Å²) in [6, 6.07) is 0. The zero-order valence-electron chi connectivity index (χ0n) is 12.3. The lowest BCUT2D eigenvalue weighted by Gasteiger charge is -2.51. The number of carboxylic acid groups (broad SMARTS) is 1. The number of hydrogen-bond donors (Lipinski definition) is 2. The first-order valence-corrected chi connectivity index (χ1v) is 7.27. The normalized spacial score (nSPS) is 24.0. The van der Waals surface area contributed by atoms with Gasteiger partial charge in [0.1, 0.15) is 12.2 Å². The van der Waals surface area contributed by atoms with Crippen LogP contribution in [0, 0.1) is 5.41 Å². The van der Waals surface area contributed by atoms with E-state index in [1.165, 1.54) is 0 Å². The van der Waals surface area contributed by atoms with Crippen LogP contribution >= 0.6 is 0 Å². The van der Waals surface area contributed by atoms with Crippen LogP contribution in [-0.2, 0) is 14.3 Å². The Morgan fingerprint density at radius 3 is 2.40 bits per heavy atom. The Morgan fingerprint density at radius 1 is 1.30 bits per heavy atom. The number of carbonyl (C=O) groups is 2. The van der Waals surface area contributed by atoms with Crippen molar-refractivity contribution < 1.29 is 19.4 Å². The highest BCUT2D eigenvalue weighted by Gasteiger charge is 2.49. The number of rotatable bonds is 5. The molecule has 0 unspecified atom stereocenters. The van der Waals surface area contributed by atoms with E-state index in [4.69, 9.17) is 9.84 Å². The molecule has 0 bridgehead atoms. The summed E-state index contributed by atoms with van der Waals surface area (Å²) in [5, 5.41) is 11.9. The lowest BCUT2D eigenvalue weighted by atomic mass is 9.74. The van der Waals surface area contributed by atoms with Crippen molar-refractivity contribution in [2.24, 2.45) is 5.41 Å². The molecule has 2 N–H and O–H groups in total. The topological polar surface area (TPSA) is 78.9 Å². The van der Waals surface area contributed by atoms with Crippen LogP contribution in [0.4, 0.5) is 0 Å². The minimum absolute atomic E-state index is 0.206. The third-order valence-corrected chi connectivity index (χ3v) is 4.57. The first-order chi connectivity index (χ1) is 9.41. The van der Waals surface area contributed by atoms with Gasteiger partial charge in [0.25, 0.3) is 0 Å². The van der Waals surface area contributed by atoms with Crippen LogP contribution < -0.4 is 5.32 Å². The number of likely N-dealkylation sites (tertiary alicyclic amines) is 1. The van der Waals surface area contributed by atoms with E-state index in [9.17, 15) is 9.59 Å². The highest BCUT2D eigenvalue weighted by atomic mass is 16.5. The van der Waals surface area contributed by atoms with Crippen LogP contribution in [0.2, 0.25) is 0 Å². The van der Waals surface area contributed by atoms with Crippen LogP contribution in [0.1, 0.15) is 33.1 Å². The average molecular weight is 284 g/mol. The van der Waals surface area contributed by atoms with Gasteiger partial charge in [-0.1, -0.05) is 6.92 Å². The SMILES string of the molecule is CCC1(C(=O)N2CC(C)(OCC(=O)O)C2)CCNCC1. The van der Waals surface area contributed by atoms with Gasteiger partial charge in [0, 0.05) is 0 Å². The fraction of sp³-hybridized carbons (Fsp3) is 0.857. The number of amides is 1. The molecule has 2 aliphatic rings. The van der Waals surface area contributed by atoms with Crippen LogP contribution in [0.15, 0.2) is 0 Å². The fourth-order valence-electron chi connectivity index (χ4n) is 3.19. The van der Waals surface area contributed by atoms with Gasteiger partial charge in [-0.15, -0.1) is 0 Å². The first-order valence-electron chi connectivity index (χ1n) is 7.27. The van der Waals surface area contributed by atoms with Crippen molar-refractivity contribution in [2.45, 2.75) is 38.7 Å². The van der Waals surface area contributed by atoms with E-state index in [0.29, 0.717) is 13.1 Å². The number of piperidine rings is 1. The van der Waals surface area contributed by atoms with Crippen molar-refractivity contribution in [3.63, 3.8) is 0 Å². The predicted molar refractivity (Wildman–Crippen MR) is 73.4 cm³/mol. The molecule has 0 saturated carbocycles. The summed E-state index contributed by atoms with van der Waals surface area (Å²) in [6.07, 6.45) is 2.62. The number of nitrogens with zero attached hydrogens (tertiary/aromatic N) is 1. The Hall–Kier alpha value is -1.14. The van der Waals surface area contributed by atoms with Gasteiger partial charge >= 0.3 is 5.97 Å². The van der Waals surface area contributed by atoms with E-state index in [-0.39, 0.29) is 17.9 Å². The number of nitrogens with one attached hydrogen (secondary N) is 1. The van der Waals surface area contributed by atoms with Gasteiger partial charge in [-0.25, -0.2) is 4.79 Å². The maximum Gasteiger partial charge on any atom is 0.329 e. The Labute approximate surface area is 119 Å². The molecule has 2 saturated heterocycles. The summed E-state index contributed by atoms with van der Waals surface area (Å²) in [5.74, 6) is -0.766. The number of ether oxygens (including phenoxy) is 1. The molecule has 0 aromatic carbocycles. The molecule has 2 fully saturated rings. The molecule has 20 heavy (non-hydrogen) atoms. The van der Waals surface area contributed by atoms with Gasteiger partial charge in [-0.3, -0.25) is 4.79 Å². The molecule has 0 aromatic rings. The smallest absolute Gasteiger partial charge is 0.329 e. The Bertz CT molecular complexity index is 385. The number of aliphatic carboxylic acids is 1. The second-order valence-electron chi connectivity index (χ2n) is 6.18. The first kappa shape index (κ1) is 15.3. The lowest BCUT2D eigenvalue weighted by Crippen LogP contribution is -2.66. The van der Waals surface area contributed by atoms with E-state index in [0.717, 1.165) is 32.4 Å². The van der Waals surface area contributed by atoms with Crippen molar-refractivity contribution in [1.29, 1.82) is 0 Å². The summed E-state index contributed by atoms with van der Waals surface area (Å²) >= 11 is 0. The molecule has 2 aliphatic heterocycles.